The molecule has 1 aliphatic carbocycles. The van der Waals surface area contributed by atoms with Crippen LogP contribution in [0.25, 0.3) is 0 Å². The van der Waals surface area contributed by atoms with Crippen LogP contribution < -0.4 is 5.32 Å². The maximum Gasteiger partial charge on any atom is 0.0532 e. The summed E-state index contributed by atoms with van der Waals surface area (Å²) in [6, 6.07) is 9.17. The number of aromatic nitrogens is 2. The van der Waals surface area contributed by atoms with Gasteiger partial charge >= 0.3 is 0 Å². The molecule has 94 valence electrons. The summed E-state index contributed by atoms with van der Waals surface area (Å²) in [4.78, 5) is 0. The standard InChI is InChI=1S/C14H16BrN3/c15-14-4-2-1-3-13(14)11-5-12(6-11)16-7-10-8-17-18-9-10/h1-4,8-9,11-12,16H,5-7H2,(H,17,18). The number of nitrogens with one attached hydrogen (secondary N) is 2. The molecule has 1 aliphatic rings. The van der Waals surface area contributed by atoms with E-state index in [4.69, 9.17) is 0 Å². The average Bonchev–Trinajstić information content (AvgIpc) is 2.82. The van der Waals surface area contributed by atoms with E-state index >= 15 is 0 Å². The van der Waals surface area contributed by atoms with Gasteiger partial charge in [-0.3, -0.25) is 5.10 Å². The molecule has 1 aromatic heterocycles. The molecular weight excluding hydrogens is 290 g/mol. The Morgan fingerprint density at radius 3 is 2.89 bits per heavy atom. The monoisotopic (exact) mass is 305 g/mol. The van der Waals surface area contributed by atoms with Crippen LogP contribution in [0.1, 0.15) is 29.9 Å². The van der Waals surface area contributed by atoms with Crippen molar-refractivity contribution in [1.29, 1.82) is 0 Å². The number of rotatable bonds is 4. The molecule has 4 heteroatoms. The number of benzene rings is 1. The normalized spacial score (nSPS) is 22.7. The van der Waals surface area contributed by atoms with Crippen molar-refractivity contribution in [1.82, 2.24) is 15.5 Å². The molecule has 0 saturated heterocycles. The van der Waals surface area contributed by atoms with E-state index in [1.807, 2.05) is 12.4 Å². The van der Waals surface area contributed by atoms with Crippen molar-refractivity contribution >= 4 is 15.9 Å². The van der Waals surface area contributed by atoms with Crippen LogP contribution in [0.15, 0.2) is 41.1 Å². The quantitative estimate of drug-likeness (QED) is 0.910. The Bertz CT molecular complexity index is 504. The molecule has 0 unspecified atom stereocenters. The molecule has 2 N–H and O–H groups in total. The highest BCUT2D eigenvalue weighted by Gasteiger charge is 2.30. The van der Waals surface area contributed by atoms with E-state index in [0.29, 0.717) is 12.0 Å². The molecule has 0 amide bonds. The van der Waals surface area contributed by atoms with Gasteiger partial charge in [0.05, 0.1) is 6.20 Å². The second-order valence-corrected chi connectivity index (χ2v) is 5.73. The second kappa shape index (κ2) is 5.24. The van der Waals surface area contributed by atoms with E-state index < -0.39 is 0 Å². The van der Waals surface area contributed by atoms with E-state index in [2.05, 4.69) is 55.7 Å². The van der Waals surface area contributed by atoms with Gasteiger partial charge in [0, 0.05) is 28.8 Å². The lowest BCUT2D eigenvalue weighted by Crippen LogP contribution is -2.39. The summed E-state index contributed by atoms with van der Waals surface area (Å²) in [7, 11) is 0. The zero-order valence-electron chi connectivity index (χ0n) is 10.1. The fourth-order valence-corrected chi connectivity index (χ4v) is 3.09. The van der Waals surface area contributed by atoms with Crippen LogP contribution in [0, 0.1) is 0 Å². The van der Waals surface area contributed by atoms with Crippen molar-refractivity contribution in [2.75, 3.05) is 0 Å². The van der Waals surface area contributed by atoms with Crippen LogP contribution in [0.2, 0.25) is 0 Å². The van der Waals surface area contributed by atoms with Crippen molar-refractivity contribution in [3.8, 4) is 0 Å². The molecule has 1 heterocycles. The van der Waals surface area contributed by atoms with Crippen LogP contribution in [0.4, 0.5) is 0 Å². The minimum Gasteiger partial charge on any atom is -0.310 e. The zero-order valence-corrected chi connectivity index (χ0v) is 11.7. The molecule has 0 spiro atoms. The first-order chi connectivity index (χ1) is 8.83. The van der Waals surface area contributed by atoms with Crippen molar-refractivity contribution in [3.05, 3.63) is 52.3 Å². The fraction of sp³-hybridized carbons (Fsp3) is 0.357. The van der Waals surface area contributed by atoms with Crippen LogP contribution >= 0.6 is 15.9 Å². The molecule has 0 aliphatic heterocycles. The van der Waals surface area contributed by atoms with Crippen LogP contribution in [-0.2, 0) is 6.54 Å². The lowest BCUT2D eigenvalue weighted by atomic mass is 9.76. The van der Waals surface area contributed by atoms with Crippen molar-refractivity contribution in [3.63, 3.8) is 0 Å². The molecule has 0 bridgehead atoms. The maximum atomic E-state index is 3.95. The fourth-order valence-electron chi connectivity index (χ4n) is 2.48. The Hall–Kier alpha value is -1.13. The number of hydrogen-bond donors (Lipinski definition) is 2. The van der Waals surface area contributed by atoms with E-state index in [0.717, 1.165) is 6.54 Å². The molecule has 1 fully saturated rings. The molecule has 18 heavy (non-hydrogen) atoms. The third-order valence-electron chi connectivity index (χ3n) is 3.63. The first kappa shape index (κ1) is 11.9. The van der Waals surface area contributed by atoms with Gasteiger partial charge in [-0.1, -0.05) is 34.1 Å². The Kier molecular flexibility index (Phi) is 3.48. The molecular formula is C14H16BrN3. The van der Waals surface area contributed by atoms with Gasteiger partial charge in [-0.15, -0.1) is 0 Å². The van der Waals surface area contributed by atoms with E-state index in [1.54, 1.807) is 0 Å². The highest BCUT2D eigenvalue weighted by atomic mass is 79.9. The van der Waals surface area contributed by atoms with Gasteiger partial charge in [-0.2, -0.15) is 5.10 Å². The van der Waals surface area contributed by atoms with E-state index in [9.17, 15) is 0 Å². The predicted molar refractivity (Wildman–Crippen MR) is 75.3 cm³/mol. The topological polar surface area (TPSA) is 40.7 Å². The molecule has 2 aromatic rings. The Morgan fingerprint density at radius 1 is 1.33 bits per heavy atom. The number of aromatic amines is 1. The first-order valence-corrected chi connectivity index (χ1v) is 7.07. The SMILES string of the molecule is Brc1ccccc1C1CC(NCc2cn[nH]c2)C1. The van der Waals surface area contributed by atoms with Crippen molar-refractivity contribution in [2.24, 2.45) is 0 Å². The third kappa shape index (κ3) is 2.49. The van der Waals surface area contributed by atoms with Gasteiger partial charge in [0.15, 0.2) is 0 Å². The molecule has 0 radical (unpaired) electrons. The van der Waals surface area contributed by atoms with Gasteiger partial charge in [0.1, 0.15) is 0 Å². The van der Waals surface area contributed by atoms with Crippen LogP contribution in [-0.4, -0.2) is 16.2 Å². The second-order valence-electron chi connectivity index (χ2n) is 4.87. The minimum atomic E-state index is 0.636. The highest BCUT2D eigenvalue weighted by molar-refractivity contribution is 9.10. The van der Waals surface area contributed by atoms with Crippen LogP contribution in [0.5, 0.6) is 0 Å². The first-order valence-electron chi connectivity index (χ1n) is 6.28. The minimum absolute atomic E-state index is 0.636. The lowest BCUT2D eigenvalue weighted by molar-refractivity contribution is 0.289. The predicted octanol–water partition coefficient (Wildman–Crippen LogP) is 3.21. The maximum absolute atomic E-state index is 3.95. The van der Waals surface area contributed by atoms with Gasteiger partial charge in [0.25, 0.3) is 0 Å². The van der Waals surface area contributed by atoms with Gasteiger partial charge in [-0.25, -0.2) is 0 Å². The summed E-state index contributed by atoms with van der Waals surface area (Å²) in [5.41, 5.74) is 2.67. The summed E-state index contributed by atoms with van der Waals surface area (Å²) in [6.07, 6.45) is 6.26. The zero-order chi connectivity index (χ0) is 12.4. The highest BCUT2D eigenvalue weighted by Crippen LogP contribution is 2.39. The molecule has 1 aromatic carbocycles. The smallest absolute Gasteiger partial charge is 0.0532 e. The van der Waals surface area contributed by atoms with Gasteiger partial charge in [-0.05, 0) is 30.4 Å². The number of H-pyrrole nitrogens is 1. The summed E-state index contributed by atoms with van der Waals surface area (Å²) < 4.78 is 1.24. The third-order valence-corrected chi connectivity index (χ3v) is 4.36. The molecule has 0 atom stereocenters. The molecule has 3 rings (SSSR count). The van der Waals surface area contributed by atoms with E-state index in [-0.39, 0.29) is 0 Å². The summed E-state index contributed by atoms with van der Waals surface area (Å²) in [5.74, 6) is 0.697. The van der Waals surface area contributed by atoms with Gasteiger partial charge in [0.2, 0.25) is 0 Å². The average molecular weight is 306 g/mol. The summed E-state index contributed by atoms with van der Waals surface area (Å²) >= 11 is 3.63. The number of halogens is 1. The number of nitrogens with zero attached hydrogens (tertiary/aromatic N) is 1. The van der Waals surface area contributed by atoms with E-state index in [1.165, 1.54) is 28.4 Å². The Morgan fingerprint density at radius 2 is 2.17 bits per heavy atom. The largest absolute Gasteiger partial charge is 0.310 e. The van der Waals surface area contributed by atoms with Crippen molar-refractivity contribution in [2.45, 2.75) is 31.3 Å². The molecule has 3 nitrogen and oxygen atoms in total. The lowest BCUT2D eigenvalue weighted by Gasteiger charge is -2.36. The van der Waals surface area contributed by atoms with Crippen LogP contribution in [0.3, 0.4) is 0 Å². The van der Waals surface area contributed by atoms with Gasteiger partial charge < -0.3 is 5.32 Å². The molecule has 1 saturated carbocycles. The van der Waals surface area contributed by atoms with Crippen molar-refractivity contribution < 1.29 is 0 Å². The Balaban J connectivity index is 1.50. The summed E-state index contributed by atoms with van der Waals surface area (Å²) in [6.45, 7) is 0.907. The summed E-state index contributed by atoms with van der Waals surface area (Å²) in [5, 5.41) is 10.3. The number of hydrogen-bond acceptors (Lipinski definition) is 2. The Labute approximate surface area is 115 Å².